The third kappa shape index (κ3) is 6.65. The number of hydrogen-bond donors (Lipinski definition) is 3. The van der Waals surface area contributed by atoms with Crippen molar-refractivity contribution in [3.8, 4) is 0 Å². The number of nitrogens with one attached hydrogen (secondary N) is 3. The maximum absolute atomic E-state index is 12.5. The van der Waals surface area contributed by atoms with E-state index in [2.05, 4.69) is 16.0 Å². The lowest BCUT2D eigenvalue weighted by Crippen LogP contribution is -2.47. The van der Waals surface area contributed by atoms with E-state index >= 15 is 0 Å². The Kier molecular flexibility index (Phi) is 8.33. The highest BCUT2D eigenvalue weighted by atomic mass is 16.2. The fourth-order valence-corrected chi connectivity index (χ4v) is 3.26. The molecule has 0 aliphatic carbocycles. The summed E-state index contributed by atoms with van der Waals surface area (Å²) in [7, 11) is 1.70. The number of rotatable bonds is 8. The van der Waals surface area contributed by atoms with Crippen molar-refractivity contribution in [1.29, 1.82) is 0 Å². The van der Waals surface area contributed by atoms with E-state index in [4.69, 9.17) is 0 Å². The third-order valence-corrected chi connectivity index (χ3v) is 5.35. The maximum atomic E-state index is 12.5. The fraction of sp³-hybridized carbons (Fsp3) is 0.375. The first-order valence-corrected chi connectivity index (χ1v) is 10.3. The van der Waals surface area contributed by atoms with Crippen LogP contribution in [-0.4, -0.2) is 48.8 Å². The second kappa shape index (κ2) is 10.7. The molecule has 0 aliphatic heterocycles. The average molecular weight is 425 g/mol. The standard InChI is InChI=1S/C24H32N4O3/c1-15-9-7-10-16(2)22(15)26-20(29)13-25-24(31)19(5)28(6)14-21(30)27-23-17(3)11-8-12-18(23)4/h7-12,19H,13-14H2,1-6H3,(H,25,31)(H,26,29)(H,27,30). The van der Waals surface area contributed by atoms with Crippen molar-refractivity contribution in [3.63, 3.8) is 0 Å². The van der Waals surface area contributed by atoms with Crippen molar-refractivity contribution in [2.45, 2.75) is 40.7 Å². The molecule has 0 radical (unpaired) electrons. The molecule has 0 aromatic heterocycles. The number of amides is 3. The monoisotopic (exact) mass is 424 g/mol. The van der Waals surface area contributed by atoms with E-state index in [1.54, 1.807) is 18.9 Å². The topological polar surface area (TPSA) is 90.5 Å². The van der Waals surface area contributed by atoms with Gasteiger partial charge in [-0.3, -0.25) is 19.3 Å². The van der Waals surface area contributed by atoms with Crippen molar-refractivity contribution in [3.05, 3.63) is 58.7 Å². The molecular weight excluding hydrogens is 392 g/mol. The summed E-state index contributed by atoms with van der Waals surface area (Å²) in [5.74, 6) is -0.820. The summed E-state index contributed by atoms with van der Waals surface area (Å²) in [4.78, 5) is 38.8. The summed E-state index contributed by atoms with van der Waals surface area (Å²) in [5.41, 5.74) is 5.44. The quantitative estimate of drug-likeness (QED) is 0.608. The van der Waals surface area contributed by atoms with Crippen molar-refractivity contribution in [2.24, 2.45) is 0 Å². The Morgan fingerprint density at radius 2 is 1.23 bits per heavy atom. The van der Waals surface area contributed by atoms with Gasteiger partial charge in [0.05, 0.1) is 19.1 Å². The summed E-state index contributed by atoms with van der Waals surface area (Å²) in [5, 5.41) is 8.39. The van der Waals surface area contributed by atoms with E-state index in [9.17, 15) is 14.4 Å². The van der Waals surface area contributed by atoms with Crippen LogP contribution in [0.15, 0.2) is 36.4 Å². The smallest absolute Gasteiger partial charge is 0.243 e. The molecule has 0 heterocycles. The van der Waals surface area contributed by atoms with Gasteiger partial charge in [-0.1, -0.05) is 36.4 Å². The van der Waals surface area contributed by atoms with Gasteiger partial charge in [0.1, 0.15) is 0 Å². The Hall–Kier alpha value is -3.19. The van der Waals surface area contributed by atoms with Crippen LogP contribution in [0.25, 0.3) is 0 Å². The minimum Gasteiger partial charge on any atom is -0.346 e. The molecule has 2 aromatic rings. The van der Waals surface area contributed by atoms with E-state index in [1.807, 2.05) is 64.1 Å². The van der Waals surface area contributed by atoms with E-state index < -0.39 is 6.04 Å². The van der Waals surface area contributed by atoms with Gasteiger partial charge in [0.25, 0.3) is 0 Å². The van der Waals surface area contributed by atoms with Gasteiger partial charge >= 0.3 is 0 Å². The highest BCUT2D eigenvalue weighted by Gasteiger charge is 2.21. The van der Waals surface area contributed by atoms with E-state index in [0.717, 1.165) is 33.6 Å². The summed E-state index contributed by atoms with van der Waals surface area (Å²) >= 11 is 0. The largest absolute Gasteiger partial charge is 0.346 e. The number of benzene rings is 2. The molecule has 0 bridgehead atoms. The summed E-state index contributed by atoms with van der Waals surface area (Å²) in [6.45, 7) is 9.32. The third-order valence-electron chi connectivity index (χ3n) is 5.35. The number of carbonyl (C=O) groups is 3. The number of likely N-dealkylation sites (N-methyl/N-ethyl adjacent to an activating group) is 1. The van der Waals surface area contributed by atoms with Crippen LogP contribution in [-0.2, 0) is 14.4 Å². The molecule has 166 valence electrons. The Bertz CT molecular complexity index is 931. The minimum absolute atomic E-state index is 0.0525. The van der Waals surface area contributed by atoms with Gasteiger partial charge in [-0.25, -0.2) is 0 Å². The molecule has 31 heavy (non-hydrogen) atoms. The first-order valence-electron chi connectivity index (χ1n) is 10.3. The predicted molar refractivity (Wildman–Crippen MR) is 124 cm³/mol. The summed E-state index contributed by atoms with van der Waals surface area (Å²) < 4.78 is 0. The molecule has 3 amide bonds. The second-order valence-corrected chi connectivity index (χ2v) is 7.94. The van der Waals surface area contributed by atoms with Crippen molar-refractivity contribution >= 4 is 29.1 Å². The first kappa shape index (κ1) is 24.1. The minimum atomic E-state index is -0.572. The van der Waals surface area contributed by atoms with E-state index in [1.165, 1.54) is 0 Å². The lowest BCUT2D eigenvalue weighted by Gasteiger charge is -2.23. The number of nitrogens with zero attached hydrogens (tertiary/aromatic N) is 1. The van der Waals surface area contributed by atoms with Crippen LogP contribution >= 0.6 is 0 Å². The van der Waals surface area contributed by atoms with Gasteiger partial charge < -0.3 is 16.0 Å². The van der Waals surface area contributed by atoms with Gasteiger partial charge in [-0.05, 0) is 63.9 Å². The summed E-state index contributed by atoms with van der Waals surface area (Å²) in [6.07, 6.45) is 0. The highest BCUT2D eigenvalue weighted by Crippen LogP contribution is 2.20. The van der Waals surface area contributed by atoms with Gasteiger partial charge in [0.2, 0.25) is 17.7 Å². The highest BCUT2D eigenvalue weighted by molar-refractivity contribution is 5.97. The maximum Gasteiger partial charge on any atom is 0.243 e. The zero-order valence-electron chi connectivity index (χ0n) is 19.1. The zero-order valence-corrected chi connectivity index (χ0v) is 19.1. The van der Waals surface area contributed by atoms with Crippen molar-refractivity contribution in [2.75, 3.05) is 30.8 Å². The fourth-order valence-electron chi connectivity index (χ4n) is 3.26. The summed E-state index contributed by atoms with van der Waals surface area (Å²) in [6, 6.07) is 11.0. The van der Waals surface area contributed by atoms with Crippen LogP contribution in [0.4, 0.5) is 11.4 Å². The van der Waals surface area contributed by atoms with Gasteiger partial charge in [-0.15, -0.1) is 0 Å². The van der Waals surface area contributed by atoms with Crippen LogP contribution < -0.4 is 16.0 Å². The normalized spacial score (nSPS) is 11.7. The number of hydrogen-bond acceptors (Lipinski definition) is 4. The molecule has 1 atom stereocenters. The molecule has 0 saturated heterocycles. The zero-order chi connectivity index (χ0) is 23.1. The Labute approximate surface area is 184 Å². The molecule has 0 spiro atoms. The van der Waals surface area contributed by atoms with E-state index in [-0.39, 0.29) is 30.8 Å². The number of anilines is 2. The Morgan fingerprint density at radius 3 is 1.68 bits per heavy atom. The molecule has 7 heteroatoms. The molecule has 0 saturated carbocycles. The number of para-hydroxylation sites is 2. The SMILES string of the molecule is Cc1cccc(C)c1NC(=O)CNC(=O)C(C)N(C)CC(=O)Nc1c(C)cccc1C. The Morgan fingerprint density at radius 1 is 0.806 bits per heavy atom. The van der Waals surface area contributed by atoms with Crippen LogP contribution in [0, 0.1) is 27.7 Å². The van der Waals surface area contributed by atoms with Crippen molar-refractivity contribution < 1.29 is 14.4 Å². The van der Waals surface area contributed by atoms with Crippen LogP contribution in [0.2, 0.25) is 0 Å². The number of carbonyl (C=O) groups excluding carboxylic acids is 3. The van der Waals surface area contributed by atoms with Gasteiger partial charge in [-0.2, -0.15) is 0 Å². The lowest BCUT2D eigenvalue weighted by atomic mass is 10.1. The molecule has 7 nitrogen and oxygen atoms in total. The molecule has 2 rings (SSSR count). The molecule has 3 N–H and O–H groups in total. The van der Waals surface area contributed by atoms with Crippen LogP contribution in [0.1, 0.15) is 29.2 Å². The van der Waals surface area contributed by atoms with Gasteiger partial charge in [0.15, 0.2) is 0 Å². The average Bonchev–Trinajstić information content (AvgIpc) is 2.71. The van der Waals surface area contributed by atoms with Crippen LogP contribution in [0.3, 0.4) is 0 Å². The molecule has 2 aromatic carbocycles. The van der Waals surface area contributed by atoms with E-state index in [0.29, 0.717) is 0 Å². The second-order valence-electron chi connectivity index (χ2n) is 7.94. The first-order chi connectivity index (χ1) is 14.6. The number of aryl methyl sites for hydroxylation is 4. The predicted octanol–water partition coefficient (Wildman–Crippen LogP) is 2.93. The molecular formula is C24H32N4O3. The molecule has 0 aliphatic rings. The molecule has 0 fully saturated rings. The van der Waals surface area contributed by atoms with Crippen molar-refractivity contribution in [1.82, 2.24) is 10.2 Å². The van der Waals surface area contributed by atoms with Gasteiger partial charge in [0, 0.05) is 11.4 Å². The lowest BCUT2D eigenvalue weighted by molar-refractivity contribution is -0.128. The Balaban J connectivity index is 1.85. The molecule has 1 unspecified atom stereocenters. The van der Waals surface area contributed by atoms with Crippen LogP contribution in [0.5, 0.6) is 0 Å².